The number of hydrogen-bond acceptors (Lipinski definition) is 3. The Kier molecular flexibility index (Phi) is 4.39. The lowest BCUT2D eigenvalue weighted by molar-refractivity contribution is -0.147. The first-order valence-electron chi connectivity index (χ1n) is 7.36. The molecule has 1 N–H and O–H groups in total. The standard InChI is InChI=1S/C14H23N3O4/c1-11(18)15-5-3-6-16(9-8-15)13(21)17-7-4-14(2,10-17)12(19)20/h3-10H2,1-2H3,(H,19,20). The molecule has 7 nitrogen and oxygen atoms in total. The summed E-state index contributed by atoms with van der Waals surface area (Å²) in [5.41, 5.74) is -0.840. The van der Waals surface area contributed by atoms with Gasteiger partial charge in [-0.25, -0.2) is 4.79 Å². The maximum absolute atomic E-state index is 12.5. The van der Waals surface area contributed by atoms with Gasteiger partial charge in [-0.15, -0.1) is 0 Å². The van der Waals surface area contributed by atoms with Crippen molar-refractivity contribution in [1.82, 2.24) is 14.7 Å². The van der Waals surface area contributed by atoms with E-state index in [1.807, 2.05) is 0 Å². The van der Waals surface area contributed by atoms with E-state index in [0.29, 0.717) is 39.1 Å². The molecule has 2 aliphatic rings. The van der Waals surface area contributed by atoms with Crippen molar-refractivity contribution in [3.05, 3.63) is 0 Å². The molecule has 1 atom stereocenters. The summed E-state index contributed by atoms with van der Waals surface area (Å²) in [4.78, 5) is 40.2. The average molecular weight is 297 g/mol. The second kappa shape index (κ2) is 5.91. The lowest BCUT2D eigenvalue weighted by atomic mass is 9.90. The molecule has 0 aromatic carbocycles. The number of rotatable bonds is 1. The second-order valence-corrected chi connectivity index (χ2v) is 6.17. The number of carboxylic acids is 1. The summed E-state index contributed by atoms with van der Waals surface area (Å²) in [6, 6.07) is -0.106. The van der Waals surface area contributed by atoms with Crippen molar-refractivity contribution < 1.29 is 19.5 Å². The van der Waals surface area contributed by atoms with E-state index in [0.717, 1.165) is 6.42 Å². The minimum absolute atomic E-state index is 0.0314. The summed E-state index contributed by atoms with van der Waals surface area (Å²) >= 11 is 0. The van der Waals surface area contributed by atoms with Gasteiger partial charge in [-0.2, -0.15) is 0 Å². The van der Waals surface area contributed by atoms with Crippen molar-refractivity contribution in [3.63, 3.8) is 0 Å². The Balaban J connectivity index is 1.95. The van der Waals surface area contributed by atoms with E-state index >= 15 is 0 Å². The molecule has 2 aliphatic heterocycles. The Hall–Kier alpha value is -1.79. The van der Waals surface area contributed by atoms with Gasteiger partial charge >= 0.3 is 12.0 Å². The highest BCUT2D eigenvalue weighted by Crippen LogP contribution is 2.30. The molecule has 0 aliphatic carbocycles. The molecule has 0 bridgehead atoms. The molecule has 0 radical (unpaired) electrons. The van der Waals surface area contributed by atoms with Crippen LogP contribution in [0.25, 0.3) is 0 Å². The molecule has 0 saturated carbocycles. The minimum Gasteiger partial charge on any atom is -0.481 e. The number of hydrogen-bond donors (Lipinski definition) is 1. The van der Waals surface area contributed by atoms with Crippen molar-refractivity contribution in [1.29, 1.82) is 0 Å². The van der Waals surface area contributed by atoms with Gasteiger partial charge in [0.05, 0.1) is 5.41 Å². The summed E-state index contributed by atoms with van der Waals surface area (Å²) < 4.78 is 0. The summed E-state index contributed by atoms with van der Waals surface area (Å²) in [5, 5.41) is 9.23. The number of aliphatic carboxylic acids is 1. The zero-order chi connectivity index (χ0) is 15.6. The molecule has 0 spiro atoms. The number of carboxylic acid groups (broad SMARTS) is 1. The third kappa shape index (κ3) is 3.28. The molecule has 2 rings (SSSR count). The lowest BCUT2D eigenvalue weighted by Gasteiger charge is -2.28. The third-order valence-electron chi connectivity index (χ3n) is 4.47. The normalized spacial score (nSPS) is 26.7. The first-order valence-corrected chi connectivity index (χ1v) is 7.36. The molecule has 21 heavy (non-hydrogen) atoms. The summed E-state index contributed by atoms with van der Waals surface area (Å²) in [6.45, 7) is 6.31. The van der Waals surface area contributed by atoms with Gasteiger partial charge in [-0.05, 0) is 19.8 Å². The van der Waals surface area contributed by atoms with Gasteiger partial charge in [0, 0.05) is 46.2 Å². The smallest absolute Gasteiger partial charge is 0.320 e. The van der Waals surface area contributed by atoms with E-state index < -0.39 is 11.4 Å². The van der Waals surface area contributed by atoms with Gasteiger partial charge in [-0.1, -0.05) is 0 Å². The number of urea groups is 1. The van der Waals surface area contributed by atoms with Crippen LogP contribution in [0.1, 0.15) is 26.7 Å². The molecule has 3 amide bonds. The number of carbonyl (C=O) groups excluding carboxylic acids is 2. The molecule has 7 heteroatoms. The van der Waals surface area contributed by atoms with Crippen LogP contribution in [0.5, 0.6) is 0 Å². The zero-order valence-corrected chi connectivity index (χ0v) is 12.7. The Bertz CT molecular complexity index is 454. The molecular weight excluding hydrogens is 274 g/mol. The number of amides is 3. The van der Waals surface area contributed by atoms with Crippen LogP contribution in [0, 0.1) is 5.41 Å². The topological polar surface area (TPSA) is 81.2 Å². The van der Waals surface area contributed by atoms with Crippen LogP contribution in [0.2, 0.25) is 0 Å². The molecule has 2 fully saturated rings. The Labute approximate surface area is 124 Å². The Morgan fingerprint density at radius 3 is 2.14 bits per heavy atom. The predicted molar refractivity (Wildman–Crippen MR) is 75.8 cm³/mol. The Morgan fingerprint density at radius 1 is 0.952 bits per heavy atom. The number of carbonyl (C=O) groups is 3. The molecule has 118 valence electrons. The lowest BCUT2D eigenvalue weighted by Crippen LogP contribution is -2.45. The molecule has 0 aromatic heterocycles. The van der Waals surface area contributed by atoms with Gasteiger partial charge in [-0.3, -0.25) is 9.59 Å². The van der Waals surface area contributed by atoms with Crippen LogP contribution in [0.15, 0.2) is 0 Å². The van der Waals surface area contributed by atoms with Crippen LogP contribution >= 0.6 is 0 Å². The van der Waals surface area contributed by atoms with Gasteiger partial charge in [0.2, 0.25) is 5.91 Å². The van der Waals surface area contributed by atoms with E-state index in [1.54, 1.807) is 21.6 Å². The minimum atomic E-state index is -0.851. The summed E-state index contributed by atoms with van der Waals surface area (Å²) in [5.74, 6) is -0.819. The summed E-state index contributed by atoms with van der Waals surface area (Å²) in [6.07, 6.45) is 1.25. The van der Waals surface area contributed by atoms with Crippen LogP contribution in [0.3, 0.4) is 0 Å². The zero-order valence-electron chi connectivity index (χ0n) is 12.7. The number of likely N-dealkylation sites (tertiary alicyclic amines) is 1. The monoisotopic (exact) mass is 297 g/mol. The quantitative estimate of drug-likeness (QED) is 0.762. The van der Waals surface area contributed by atoms with E-state index in [1.165, 1.54) is 6.92 Å². The third-order valence-corrected chi connectivity index (χ3v) is 4.47. The van der Waals surface area contributed by atoms with E-state index in [4.69, 9.17) is 0 Å². The SMILES string of the molecule is CC(=O)N1CCCN(C(=O)N2CCC(C)(C(=O)O)C2)CC1. The van der Waals surface area contributed by atoms with Gasteiger partial charge in [0.1, 0.15) is 0 Å². The fraction of sp³-hybridized carbons (Fsp3) is 0.786. The van der Waals surface area contributed by atoms with Gasteiger partial charge < -0.3 is 19.8 Å². The Morgan fingerprint density at radius 2 is 1.57 bits per heavy atom. The first-order chi connectivity index (χ1) is 9.83. The van der Waals surface area contributed by atoms with Gasteiger partial charge in [0.15, 0.2) is 0 Å². The van der Waals surface area contributed by atoms with Crippen molar-refractivity contribution in [2.24, 2.45) is 5.41 Å². The molecule has 1 unspecified atom stereocenters. The van der Waals surface area contributed by atoms with E-state index in [-0.39, 0.29) is 18.5 Å². The fourth-order valence-corrected chi connectivity index (χ4v) is 2.92. The second-order valence-electron chi connectivity index (χ2n) is 6.17. The van der Waals surface area contributed by atoms with Gasteiger partial charge in [0.25, 0.3) is 0 Å². The summed E-state index contributed by atoms with van der Waals surface area (Å²) in [7, 11) is 0. The largest absolute Gasteiger partial charge is 0.481 e. The molecule has 0 aromatic rings. The maximum atomic E-state index is 12.5. The maximum Gasteiger partial charge on any atom is 0.320 e. The average Bonchev–Trinajstić information content (AvgIpc) is 2.68. The highest BCUT2D eigenvalue weighted by molar-refractivity contribution is 5.79. The van der Waals surface area contributed by atoms with E-state index in [2.05, 4.69) is 0 Å². The molecule has 2 heterocycles. The first kappa shape index (κ1) is 15.6. The number of nitrogens with zero attached hydrogens (tertiary/aromatic N) is 3. The van der Waals surface area contributed by atoms with Crippen molar-refractivity contribution in [2.75, 3.05) is 39.3 Å². The van der Waals surface area contributed by atoms with E-state index in [9.17, 15) is 19.5 Å². The predicted octanol–water partition coefficient (Wildman–Crippen LogP) is 0.457. The molecule has 2 saturated heterocycles. The van der Waals surface area contributed by atoms with Crippen LogP contribution in [0.4, 0.5) is 4.79 Å². The van der Waals surface area contributed by atoms with Crippen LogP contribution < -0.4 is 0 Å². The van der Waals surface area contributed by atoms with Crippen LogP contribution in [-0.4, -0.2) is 77.0 Å². The van der Waals surface area contributed by atoms with Crippen LogP contribution in [-0.2, 0) is 9.59 Å². The highest BCUT2D eigenvalue weighted by Gasteiger charge is 2.43. The highest BCUT2D eigenvalue weighted by atomic mass is 16.4. The van der Waals surface area contributed by atoms with Crippen molar-refractivity contribution in [3.8, 4) is 0 Å². The molecular formula is C14H23N3O4. The fourth-order valence-electron chi connectivity index (χ4n) is 2.92. The van der Waals surface area contributed by atoms with Crippen molar-refractivity contribution in [2.45, 2.75) is 26.7 Å². The van der Waals surface area contributed by atoms with Crippen molar-refractivity contribution >= 4 is 17.9 Å².